The minimum absolute atomic E-state index is 0.0713. The van der Waals surface area contributed by atoms with Crippen molar-refractivity contribution in [1.82, 2.24) is 19.9 Å². The molecule has 0 spiro atoms. The van der Waals surface area contributed by atoms with E-state index in [4.69, 9.17) is 10.9 Å². The lowest BCUT2D eigenvalue weighted by Gasteiger charge is -2.11. The first-order valence-electron chi connectivity index (χ1n) is 5.19. The standard InChI is InChI=1S/C10H12N6O2/c1-6(9(11)15-18)14-10(17)7-4-13-16-3-2-12-5-8(7)16/h2-6,18H,1H3,(H2,11,15)(H,14,17). The lowest BCUT2D eigenvalue weighted by Crippen LogP contribution is -2.42. The van der Waals surface area contributed by atoms with Gasteiger partial charge in [0.2, 0.25) is 0 Å². The summed E-state index contributed by atoms with van der Waals surface area (Å²) in [5, 5.41) is 17.9. The molecule has 0 bridgehead atoms. The SMILES string of the molecule is CC(NC(=O)c1cnn2ccncc12)/C(N)=N/O. The number of hydrogen-bond acceptors (Lipinski definition) is 5. The van der Waals surface area contributed by atoms with Gasteiger partial charge in [0.1, 0.15) is 0 Å². The van der Waals surface area contributed by atoms with Crippen molar-refractivity contribution in [3.8, 4) is 0 Å². The Labute approximate surface area is 102 Å². The van der Waals surface area contributed by atoms with Crippen LogP contribution in [0, 0.1) is 0 Å². The molecule has 0 radical (unpaired) electrons. The number of oxime groups is 1. The number of nitrogens with zero attached hydrogens (tertiary/aromatic N) is 4. The lowest BCUT2D eigenvalue weighted by molar-refractivity contribution is 0.0950. The number of carbonyl (C=O) groups excluding carboxylic acids is 1. The van der Waals surface area contributed by atoms with Crippen LogP contribution in [0.4, 0.5) is 0 Å². The molecular weight excluding hydrogens is 236 g/mol. The molecule has 4 N–H and O–H groups in total. The molecule has 1 unspecified atom stereocenters. The van der Waals surface area contributed by atoms with E-state index in [1.807, 2.05) is 0 Å². The van der Waals surface area contributed by atoms with Gasteiger partial charge in [-0.05, 0) is 6.92 Å². The maximum atomic E-state index is 12.0. The van der Waals surface area contributed by atoms with Gasteiger partial charge in [-0.25, -0.2) is 4.52 Å². The number of nitrogens with one attached hydrogen (secondary N) is 1. The van der Waals surface area contributed by atoms with Gasteiger partial charge < -0.3 is 16.3 Å². The Balaban J connectivity index is 2.24. The fourth-order valence-corrected chi connectivity index (χ4v) is 1.44. The van der Waals surface area contributed by atoms with Crippen LogP contribution >= 0.6 is 0 Å². The van der Waals surface area contributed by atoms with Crippen LogP contribution in [-0.2, 0) is 0 Å². The first-order chi connectivity index (χ1) is 8.63. The molecule has 2 aromatic rings. The largest absolute Gasteiger partial charge is 0.409 e. The van der Waals surface area contributed by atoms with Crippen molar-refractivity contribution >= 4 is 17.3 Å². The van der Waals surface area contributed by atoms with E-state index in [0.717, 1.165) is 0 Å². The molecule has 1 atom stereocenters. The van der Waals surface area contributed by atoms with Gasteiger partial charge in [0, 0.05) is 12.4 Å². The predicted octanol–water partition coefficient (Wildman–Crippen LogP) is -0.406. The van der Waals surface area contributed by atoms with E-state index in [2.05, 4.69) is 20.6 Å². The number of amidine groups is 1. The van der Waals surface area contributed by atoms with Crippen LogP contribution in [-0.4, -0.2) is 37.6 Å². The molecule has 8 nitrogen and oxygen atoms in total. The van der Waals surface area contributed by atoms with Crippen LogP contribution in [0.5, 0.6) is 0 Å². The van der Waals surface area contributed by atoms with Crippen LogP contribution in [0.2, 0.25) is 0 Å². The zero-order valence-electron chi connectivity index (χ0n) is 9.61. The van der Waals surface area contributed by atoms with E-state index in [1.165, 1.54) is 16.9 Å². The molecule has 8 heteroatoms. The number of fused-ring (bicyclic) bond motifs is 1. The third-order valence-corrected chi connectivity index (χ3v) is 2.48. The highest BCUT2D eigenvalue weighted by atomic mass is 16.4. The highest BCUT2D eigenvalue weighted by Crippen LogP contribution is 2.08. The van der Waals surface area contributed by atoms with E-state index in [0.29, 0.717) is 11.1 Å². The zero-order chi connectivity index (χ0) is 13.1. The molecule has 0 aliphatic heterocycles. The van der Waals surface area contributed by atoms with Gasteiger partial charge in [-0.3, -0.25) is 9.78 Å². The van der Waals surface area contributed by atoms with E-state index in [-0.39, 0.29) is 11.7 Å². The van der Waals surface area contributed by atoms with E-state index < -0.39 is 6.04 Å². The van der Waals surface area contributed by atoms with Crippen LogP contribution in [0.15, 0.2) is 29.9 Å². The van der Waals surface area contributed by atoms with Crippen molar-refractivity contribution in [2.75, 3.05) is 0 Å². The first-order valence-corrected chi connectivity index (χ1v) is 5.19. The maximum Gasteiger partial charge on any atom is 0.255 e. The Hall–Kier alpha value is -2.64. The minimum Gasteiger partial charge on any atom is -0.409 e. The second-order valence-corrected chi connectivity index (χ2v) is 3.68. The average molecular weight is 248 g/mol. The molecule has 2 rings (SSSR count). The fraction of sp³-hybridized carbons (Fsp3) is 0.200. The second-order valence-electron chi connectivity index (χ2n) is 3.68. The molecule has 0 aliphatic carbocycles. The molecule has 2 heterocycles. The monoisotopic (exact) mass is 248 g/mol. The van der Waals surface area contributed by atoms with Crippen molar-refractivity contribution in [3.63, 3.8) is 0 Å². The van der Waals surface area contributed by atoms with Gasteiger partial charge in [0.05, 0.1) is 29.5 Å². The van der Waals surface area contributed by atoms with Crippen molar-refractivity contribution in [1.29, 1.82) is 0 Å². The number of rotatable bonds is 3. The fourth-order valence-electron chi connectivity index (χ4n) is 1.44. The maximum absolute atomic E-state index is 12.0. The number of carbonyl (C=O) groups is 1. The summed E-state index contributed by atoms with van der Waals surface area (Å²) in [4.78, 5) is 15.9. The second kappa shape index (κ2) is 4.70. The Kier molecular flexibility index (Phi) is 3.09. The molecular formula is C10H12N6O2. The van der Waals surface area contributed by atoms with Gasteiger partial charge in [-0.15, -0.1) is 0 Å². The Bertz CT molecular complexity index is 605. The summed E-state index contributed by atoms with van der Waals surface area (Å²) < 4.78 is 1.54. The van der Waals surface area contributed by atoms with Crippen LogP contribution in [0.25, 0.3) is 5.52 Å². The third-order valence-electron chi connectivity index (χ3n) is 2.48. The molecule has 2 aromatic heterocycles. The van der Waals surface area contributed by atoms with Crippen LogP contribution < -0.4 is 11.1 Å². The van der Waals surface area contributed by atoms with Crippen molar-refractivity contribution < 1.29 is 10.0 Å². The third kappa shape index (κ3) is 2.08. The minimum atomic E-state index is -0.575. The van der Waals surface area contributed by atoms with Crippen molar-refractivity contribution in [3.05, 3.63) is 30.4 Å². The van der Waals surface area contributed by atoms with Gasteiger partial charge in [-0.1, -0.05) is 5.16 Å². The summed E-state index contributed by atoms with van der Waals surface area (Å²) in [5.41, 5.74) is 6.34. The summed E-state index contributed by atoms with van der Waals surface area (Å²) in [5.74, 6) is -0.435. The van der Waals surface area contributed by atoms with E-state index >= 15 is 0 Å². The topological polar surface area (TPSA) is 118 Å². The first kappa shape index (κ1) is 11.8. The van der Waals surface area contributed by atoms with E-state index in [1.54, 1.807) is 19.3 Å². The van der Waals surface area contributed by atoms with Crippen molar-refractivity contribution in [2.24, 2.45) is 10.9 Å². The number of hydrogen-bond donors (Lipinski definition) is 3. The lowest BCUT2D eigenvalue weighted by atomic mass is 10.2. The van der Waals surface area contributed by atoms with Crippen LogP contribution in [0.3, 0.4) is 0 Å². The Morgan fingerprint density at radius 3 is 3.11 bits per heavy atom. The summed E-state index contributed by atoms with van der Waals surface area (Å²) in [6.45, 7) is 1.61. The van der Waals surface area contributed by atoms with Gasteiger partial charge in [-0.2, -0.15) is 5.10 Å². The molecule has 94 valence electrons. The highest BCUT2D eigenvalue weighted by Gasteiger charge is 2.16. The summed E-state index contributed by atoms with van der Waals surface area (Å²) in [7, 11) is 0. The smallest absolute Gasteiger partial charge is 0.255 e. The highest BCUT2D eigenvalue weighted by molar-refractivity contribution is 6.02. The molecule has 0 aromatic carbocycles. The van der Waals surface area contributed by atoms with Gasteiger partial charge >= 0.3 is 0 Å². The number of aromatic nitrogens is 3. The molecule has 1 amide bonds. The van der Waals surface area contributed by atoms with Gasteiger partial charge in [0.15, 0.2) is 5.84 Å². The normalized spacial score (nSPS) is 13.5. The van der Waals surface area contributed by atoms with Gasteiger partial charge in [0.25, 0.3) is 5.91 Å². The van der Waals surface area contributed by atoms with E-state index in [9.17, 15) is 4.79 Å². The number of amides is 1. The molecule has 0 saturated heterocycles. The molecule has 0 fully saturated rings. The Morgan fingerprint density at radius 1 is 1.61 bits per heavy atom. The average Bonchev–Trinajstić information content (AvgIpc) is 2.81. The molecule has 0 aliphatic rings. The summed E-state index contributed by atoms with van der Waals surface area (Å²) in [6, 6.07) is -0.575. The van der Waals surface area contributed by atoms with Crippen molar-refractivity contribution in [2.45, 2.75) is 13.0 Å². The zero-order valence-corrected chi connectivity index (χ0v) is 9.61. The summed E-state index contributed by atoms with van der Waals surface area (Å²) >= 11 is 0. The van der Waals surface area contributed by atoms with Crippen LogP contribution in [0.1, 0.15) is 17.3 Å². The predicted molar refractivity (Wildman–Crippen MR) is 63.3 cm³/mol. The Morgan fingerprint density at radius 2 is 2.39 bits per heavy atom. The molecule has 0 saturated carbocycles. The number of nitrogens with two attached hydrogens (primary N) is 1. The molecule has 18 heavy (non-hydrogen) atoms. The summed E-state index contributed by atoms with van der Waals surface area (Å²) in [6.07, 6.45) is 6.18. The quantitative estimate of drug-likeness (QED) is 0.295.